The van der Waals surface area contributed by atoms with Crippen molar-refractivity contribution in [3.05, 3.63) is 102 Å². The van der Waals surface area contributed by atoms with Crippen molar-refractivity contribution in [3.8, 4) is 11.1 Å². The minimum Gasteiger partial charge on any atom is -0.453 e. The number of likely N-dealkylation sites (tertiary alicyclic amines) is 1. The van der Waals surface area contributed by atoms with E-state index in [0.717, 1.165) is 65.6 Å². The number of aliphatic imine (C=N–C) groups is 2. The maximum absolute atomic E-state index is 13.6. The van der Waals surface area contributed by atoms with Gasteiger partial charge in [-0.2, -0.15) is 0 Å². The molecule has 4 heterocycles. The fourth-order valence-corrected chi connectivity index (χ4v) is 9.94. The van der Waals surface area contributed by atoms with Gasteiger partial charge in [0, 0.05) is 74.0 Å². The molecule has 1 saturated heterocycles. The highest BCUT2D eigenvalue weighted by Gasteiger charge is 2.52. The maximum atomic E-state index is 13.6. The van der Waals surface area contributed by atoms with E-state index in [9.17, 15) is 14.4 Å². The molecule has 3 unspecified atom stereocenters. The second-order valence-corrected chi connectivity index (χ2v) is 16.5. The number of benzene rings is 2. The van der Waals surface area contributed by atoms with E-state index in [0.29, 0.717) is 31.3 Å². The average molecular weight is 753 g/mol. The highest BCUT2D eigenvalue weighted by atomic mass is 16.5. The number of aromatic nitrogens is 1. The van der Waals surface area contributed by atoms with Crippen LogP contribution in [0.2, 0.25) is 0 Å². The number of fused-ring (bicyclic) bond motifs is 2. The monoisotopic (exact) mass is 752 g/mol. The van der Waals surface area contributed by atoms with Crippen LogP contribution in [0.5, 0.6) is 0 Å². The molecular weight excluding hydrogens is 701 g/mol. The molecule has 290 valence electrons. The molecule has 2 bridgehead atoms. The van der Waals surface area contributed by atoms with Crippen molar-refractivity contribution in [2.45, 2.75) is 84.3 Å². The summed E-state index contributed by atoms with van der Waals surface area (Å²) < 4.78 is 4.79. The third kappa shape index (κ3) is 7.45. The largest absolute Gasteiger partial charge is 0.453 e. The van der Waals surface area contributed by atoms with Gasteiger partial charge in [-0.05, 0) is 107 Å². The summed E-state index contributed by atoms with van der Waals surface area (Å²) >= 11 is 0. The van der Waals surface area contributed by atoms with E-state index in [1.165, 1.54) is 35.9 Å². The van der Waals surface area contributed by atoms with Crippen LogP contribution in [0, 0.1) is 36.5 Å². The molecule has 2 aromatic carbocycles. The zero-order valence-electron chi connectivity index (χ0n) is 32.8. The highest BCUT2D eigenvalue weighted by Crippen LogP contribution is 2.54. The van der Waals surface area contributed by atoms with Crippen LogP contribution in [0.1, 0.15) is 81.0 Å². The number of alkyl carbamates (subject to hydrolysis) is 1. The topological polar surface area (TPSA) is 125 Å². The molecule has 8 rings (SSSR count). The normalized spacial score (nSPS) is 24.4. The van der Waals surface area contributed by atoms with Gasteiger partial charge < -0.3 is 20.3 Å². The first-order valence-electron chi connectivity index (χ1n) is 20.2. The number of pyridine rings is 1. The van der Waals surface area contributed by atoms with Crippen LogP contribution in [-0.2, 0) is 20.9 Å². The lowest BCUT2D eigenvalue weighted by atomic mass is 9.75. The molecule has 10 heteroatoms. The fraction of sp³-hybridized carbons (Fsp3) is 0.435. The summed E-state index contributed by atoms with van der Waals surface area (Å²) in [5, 5.41) is 5.95. The summed E-state index contributed by atoms with van der Waals surface area (Å²) in [4.78, 5) is 55.1. The molecule has 2 saturated carbocycles. The Morgan fingerprint density at radius 3 is 2.38 bits per heavy atom. The summed E-state index contributed by atoms with van der Waals surface area (Å²) in [7, 11) is 1.31. The Morgan fingerprint density at radius 1 is 0.893 bits per heavy atom. The number of nitrogens with zero attached hydrogens (tertiary/aromatic N) is 4. The Hall–Kier alpha value is -5.38. The van der Waals surface area contributed by atoms with Gasteiger partial charge in [0.25, 0.3) is 0 Å². The minimum atomic E-state index is -0.648. The lowest BCUT2D eigenvalue weighted by molar-refractivity contribution is -0.134. The van der Waals surface area contributed by atoms with Crippen LogP contribution in [0.4, 0.5) is 4.79 Å². The van der Waals surface area contributed by atoms with Gasteiger partial charge in [0.1, 0.15) is 6.04 Å². The van der Waals surface area contributed by atoms with Crippen molar-refractivity contribution in [1.82, 2.24) is 20.5 Å². The predicted octanol–water partition coefficient (Wildman–Crippen LogP) is 7.78. The molecule has 10 nitrogen and oxygen atoms in total. The highest BCUT2D eigenvalue weighted by molar-refractivity contribution is 6.04. The Balaban J connectivity index is 0.881. The second-order valence-electron chi connectivity index (χ2n) is 16.5. The van der Waals surface area contributed by atoms with Crippen LogP contribution in [0.3, 0.4) is 0 Å². The van der Waals surface area contributed by atoms with E-state index in [1.807, 2.05) is 49.5 Å². The number of amides is 3. The lowest BCUT2D eigenvalue weighted by Gasteiger charge is -2.31. The number of ether oxygens (including phenoxy) is 1. The summed E-state index contributed by atoms with van der Waals surface area (Å²) in [5.41, 5.74) is 11.4. The number of methoxy groups -OCH3 is 1. The number of aryl methyl sites for hydroxylation is 1. The number of hydrogen-bond acceptors (Lipinski definition) is 7. The van der Waals surface area contributed by atoms with E-state index in [-0.39, 0.29) is 35.6 Å². The van der Waals surface area contributed by atoms with Crippen molar-refractivity contribution in [3.63, 3.8) is 0 Å². The van der Waals surface area contributed by atoms with Gasteiger partial charge in [0.05, 0.1) is 13.2 Å². The van der Waals surface area contributed by atoms with Crippen molar-refractivity contribution < 1.29 is 19.1 Å². The van der Waals surface area contributed by atoms with Gasteiger partial charge in [-0.25, -0.2) is 4.79 Å². The first kappa shape index (κ1) is 37.5. The number of rotatable bonds is 11. The van der Waals surface area contributed by atoms with E-state index >= 15 is 0 Å². The summed E-state index contributed by atoms with van der Waals surface area (Å²) in [6.45, 7) is 7.16. The molecule has 0 spiro atoms. The Labute approximate surface area is 329 Å². The quantitative estimate of drug-likeness (QED) is 0.207. The van der Waals surface area contributed by atoms with Crippen LogP contribution in [0.15, 0.2) is 89.4 Å². The van der Waals surface area contributed by atoms with Gasteiger partial charge in [-0.3, -0.25) is 24.6 Å². The van der Waals surface area contributed by atoms with Crippen LogP contribution in [0.25, 0.3) is 22.3 Å². The zero-order chi connectivity index (χ0) is 38.9. The van der Waals surface area contributed by atoms with Crippen LogP contribution < -0.4 is 10.6 Å². The van der Waals surface area contributed by atoms with E-state index in [2.05, 4.69) is 65.0 Å². The Bertz CT molecular complexity index is 2120. The second kappa shape index (κ2) is 16.0. The summed E-state index contributed by atoms with van der Waals surface area (Å²) in [5.74, 6) is 1.17. The molecule has 2 N–H and O–H groups in total. The molecule has 3 fully saturated rings. The average Bonchev–Trinajstić information content (AvgIpc) is 4.07. The first-order valence-corrected chi connectivity index (χ1v) is 20.2. The van der Waals surface area contributed by atoms with Crippen LogP contribution >= 0.6 is 0 Å². The molecule has 2 aliphatic carbocycles. The molecule has 3 amide bonds. The molecule has 56 heavy (non-hydrogen) atoms. The number of allylic oxidation sites excluding steroid dienone is 2. The zero-order valence-corrected chi connectivity index (χ0v) is 32.8. The van der Waals surface area contributed by atoms with Gasteiger partial charge in [0.15, 0.2) is 0 Å². The van der Waals surface area contributed by atoms with E-state index in [1.54, 1.807) is 6.20 Å². The first-order chi connectivity index (χ1) is 27.2. The standard InChI is InChI=1S/C46H52N6O4/c1-27(2)43(51-46(55)56-4)45(54)52-18-6-8-40(52)38-22-36(26-48-38)37-16-15-32(19-28(37)3)30-9-11-31(12-10-30)35-21-39(49-25-35)41-33-13-14-34(20-33)42(41)44(53)50-24-29-7-5-17-47-23-29/h5,7,9-12,15-17,19,23,25-27,33-34,40-43H,6,8,13-14,18,20-22,24H2,1-4H3,(H,50,53)(H,51,55)/t33?,34?,40-,41?,42+,43-/m0/s1. The molecule has 0 radical (unpaired) electrons. The van der Waals surface area contributed by atoms with Crippen molar-refractivity contribution in [2.24, 2.45) is 39.6 Å². The molecule has 1 aromatic heterocycles. The summed E-state index contributed by atoms with van der Waals surface area (Å²) in [6, 6.07) is 18.6. The van der Waals surface area contributed by atoms with E-state index < -0.39 is 12.1 Å². The van der Waals surface area contributed by atoms with Gasteiger partial charge >= 0.3 is 6.09 Å². The van der Waals surface area contributed by atoms with Crippen molar-refractivity contribution >= 4 is 40.5 Å². The SMILES string of the molecule is COC(=O)N[C@H](C(=O)N1CCC[C@H]1C1=NC=C(c2ccc(-c3ccc(C4=CN=C(C5C6CCC(C6)[C@H]5C(=O)NCc5cccnc5)C4)cc3)cc2C)C1)C(C)C. The maximum Gasteiger partial charge on any atom is 0.407 e. The van der Waals surface area contributed by atoms with Crippen LogP contribution in [-0.4, -0.2) is 65.0 Å². The third-order valence-electron chi connectivity index (χ3n) is 12.8. The smallest absolute Gasteiger partial charge is 0.407 e. The molecule has 3 aliphatic heterocycles. The molecule has 3 aromatic rings. The minimum absolute atomic E-state index is 0.00965. The van der Waals surface area contributed by atoms with Gasteiger partial charge in [0.2, 0.25) is 11.8 Å². The molecule has 5 aliphatic rings. The number of carbonyl (C=O) groups excluding carboxylic acids is 3. The number of carbonyl (C=O) groups is 3. The summed E-state index contributed by atoms with van der Waals surface area (Å²) in [6.07, 6.45) is 13.6. The lowest BCUT2D eigenvalue weighted by Crippen LogP contribution is -2.53. The molecule has 6 atom stereocenters. The Morgan fingerprint density at radius 2 is 1.62 bits per heavy atom. The number of nitrogens with one attached hydrogen (secondary N) is 2. The fourth-order valence-electron chi connectivity index (χ4n) is 9.94. The van der Waals surface area contributed by atoms with E-state index in [4.69, 9.17) is 14.7 Å². The predicted molar refractivity (Wildman–Crippen MR) is 219 cm³/mol. The van der Waals surface area contributed by atoms with Gasteiger partial charge in [-0.1, -0.05) is 62.4 Å². The third-order valence-corrected chi connectivity index (χ3v) is 12.8. The molecular formula is C46H52N6O4. The van der Waals surface area contributed by atoms with Crippen molar-refractivity contribution in [1.29, 1.82) is 0 Å². The Kier molecular flexibility index (Phi) is 10.7. The number of hydrogen-bond donors (Lipinski definition) is 2. The van der Waals surface area contributed by atoms with Gasteiger partial charge in [-0.15, -0.1) is 0 Å². The van der Waals surface area contributed by atoms with Crippen molar-refractivity contribution in [2.75, 3.05) is 13.7 Å².